The van der Waals surface area contributed by atoms with Crippen molar-refractivity contribution in [3.8, 4) is 11.5 Å². The van der Waals surface area contributed by atoms with Crippen molar-refractivity contribution < 1.29 is 27.1 Å². The van der Waals surface area contributed by atoms with E-state index in [1.807, 2.05) is 12.1 Å². The molecule has 1 aromatic heterocycles. The van der Waals surface area contributed by atoms with E-state index in [0.29, 0.717) is 42.4 Å². The molecule has 2 aliphatic rings. The van der Waals surface area contributed by atoms with E-state index in [1.165, 1.54) is 27.8 Å². The summed E-state index contributed by atoms with van der Waals surface area (Å²) in [5, 5.41) is 0. The van der Waals surface area contributed by atoms with Crippen LogP contribution in [0.5, 0.6) is 11.5 Å². The molecule has 0 bridgehead atoms. The fraction of sp³-hybridized carbons (Fsp3) is 0.333. The minimum Gasteiger partial charge on any atom is -0.486 e. The second-order valence-electron chi connectivity index (χ2n) is 7.58. The Bertz CT molecular complexity index is 1380. The van der Waals surface area contributed by atoms with Crippen LogP contribution >= 0.6 is 11.3 Å². The normalized spacial score (nSPS) is 19.6. The van der Waals surface area contributed by atoms with Crippen LogP contribution < -0.4 is 14.3 Å². The van der Waals surface area contributed by atoms with Crippen LogP contribution in [0.15, 0.2) is 46.3 Å². The summed E-state index contributed by atoms with van der Waals surface area (Å²) in [7, 11) is -2.14. The second-order valence-corrected chi connectivity index (χ2v) is 10.5. The van der Waals surface area contributed by atoms with E-state index in [2.05, 4.69) is 4.99 Å². The van der Waals surface area contributed by atoms with Crippen molar-refractivity contribution in [2.24, 2.45) is 12.0 Å². The lowest BCUT2D eigenvalue weighted by Gasteiger charge is -2.21. The molecule has 2 aliphatic heterocycles. The van der Waals surface area contributed by atoms with Gasteiger partial charge in [-0.05, 0) is 37.1 Å². The molecule has 2 aromatic carbocycles. The number of thiazole rings is 1. The van der Waals surface area contributed by atoms with Crippen LogP contribution in [0.1, 0.15) is 12.8 Å². The van der Waals surface area contributed by atoms with Gasteiger partial charge >= 0.3 is 0 Å². The molecular formula is C21H20FN3O5S2. The number of carbonyl (C=O) groups is 1. The average molecular weight is 478 g/mol. The summed E-state index contributed by atoms with van der Waals surface area (Å²) in [5.41, 5.74) is 0.841. The summed E-state index contributed by atoms with van der Waals surface area (Å²) < 4.78 is 54.4. The molecule has 0 radical (unpaired) electrons. The Labute approximate surface area is 187 Å². The molecule has 1 saturated heterocycles. The zero-order chi connectivity index (χ0) is 22.5. The standard InChI is InChI=1S/C21H20FN3O5S2/c1-24-16-11-17-18(30-10-9-29-17)12-19(16)31-21(24)23-20(26)15-3-2-8-25(15)32(27,28)14-6-4-13(22)5-7-14/h4-7,11-12,15H,2-3,8-10H2,1H3. The number of fused-ring (bicyclic) bond motifs is 2. The zero-order valence-electron chi connectivity index (χ0n) is 17.2. The molecule has 11 heteroatoms. The first-order valence-corrected chi connectivity index (χ1v) is 12.4. The third-order valence-corrected chi connectivity index (χ3v) is 8.61. The number of hydrogen-bond donors (Lipinski definition) is 0. The summed E-state index contributed by atoms with van der Waals surface area (Å²) in [5.74, 6) is 0.244. The highest BCUT2D eigenvalue weighted by Crippen LogP contribution is 2.35. The number of amides is 1. The minimum absolute atomic E-state index is 0.0448. The zero-order valence-corrected chi connectivity index (χ0v) is 18.8. The Morgan fingerprint density at radius 1 is 1.16 bits per heavy atom. The van der Waals surface area contributed by atoms with Crippen LogP contribution in [0.3, 0.4) is 0 Å². The van der Waals surface area contributed by atoms with Gasteiger partial charge in [-0.1, -0.05) is 11.3 Å². The molecule has 168 valence electrons. The first kappa shape index (κ1) is 21.1. The Balaban J connectivity index is 1.49. The molecule has 8 nitrogen and oxygen atoms in total. The van der Waals surface area contributed by atoms with E-state index in [1.54, 1.807) is 11.6 Å². The molecule has 5 rings (SSSR count). The third-order valence-electron chi connectivity index (χ3n) is 5.59. The molecule has 0 spiro atoms. The molecule has 1 atom stereocenters. The molecule has 1 amide bonds. The maximum Gasteiger partial charge on any atom is 0.266 e. The highest BCUT2D eigenvalue weighted by Gasteiger charge is 2.39. The molecule has 1 fully saturated rings. The monoisotopic (exact) mass is 477 g/mol. The van der Waals surface area contributed by atoms with Crippen LogP contribution in [0, 0.1) is 5.82 Å². The summed E-state index contributed by atoms with van der Waals surface area (Å²) in [6, 6.07) is 7.42. The van der Waals surface area contributed by atoms with Crippen LogP contribution in [0.4, 0.5) is 4.39 Å². The fourth-order valence-corrected chi connectivity index (χ4v) is 6.64. The van der Waals surface area contributed by atoms with Crippen LogP contribution in [-0.2, 0) is 21.9 Å². The molecule has 0 aliphatic carbocycles. The Hall–Kier alpha value is -2.76. The van der Waals surface area contributed by atoms with Gasteiger partial charge in [-0.15, -0.1) is 0 Å². The van der Waals surface area contributed by atoms with Crippen LogP contribution in [0.25, 0.3) is 10.2 Å². The fourth-order valence-electron chi connectivity index (χ4n) is 3.96. The number of hydrogen-bond acceptors (Lipinski definition) is 6. The van der Waals surface area contributed by atoms with Gasteiger partial charge in [0.2, 0.25) is 10.0 Å². The van der Waals surface area contributed by atoms with Gasteiger partial charge in [-0.3, -0.25) is 4.79 Å². The molecule has 0 N–H and O–H groups in total. The topological polar surface area (TPSA) is 90.2 Å². The van der Waals surface area contributed by atoms with Gasteiger partial charge in [0, 0.05) is 25.7 Å². The van der Waals surface area contributed by atoms with Gasteiger partial charge in [-0.25, -0.2) is 12.8 Å². The number of aromatic nitrogens is 1. The minimum atomic E-state index is -3.94. The lowest BCUT2D eigenvalue weighted by Crippen LogP contribution is -2.40. The lowest BCUT2D eigenvalue weighted by atomic mass is 10.2. The van der Waals surface area contributed by atoms with Gasteiger partial charge in [-0.2, -0.15) is 9.30 Å². The molecule has 32 heavy (non-hydrogen) atoms. The van der Waals surface area contributed by atoms with E-state index < -0.39 is 27.8 Å². The Morgan fingerprint density at radius 2 is 1.84 bits per heavy atom. The summed E-state index contributed by atoms with van der Waals surface area (Å²) in [6.45, 7) is 1.17. The van der Waals surface area contributed by atoms with E-state index in [4.69, 9.17) is 9.47 Å². The first-order valence-electron chi connectivity index (χ1n) is 10.1. The lowest BCUT2D eigenvalue weighted by molar-refractivity contribution is -0.121. The van der Waals surface area contributed by atoms with Gasteiger partial charge in [0.05, 0.1) is 15.1 Å². The molecule has 3 aromatic rings. The smallest absolute Gasteiger partial charge is 0.266 e. The van der Waals surface area contributed by atoms with Crippen molar-refractivity contribution in [2.45, 2.75) is 23.8 Å². The Morgan fingerprint density at radius 3 is 2.56 bits per heavy atom. The largest absolute Gasteiger partial charge is 0.486 e. The van der Waals surface area contributed by atoms with Crippen molar-refractivity contribution in [1.82, 2.24) is 8.87 Å². The molecule has 3 heterocycles. The highest BCUT2D eigenvalue weighted by atomic mass is 32.2. The van der Waals surface area contributed by atoms with Gasteiger partial charge in [0.15, 0.2) is 16.3 Å². The number of nitrogens with zero attached hydrogens (tertiary/aromatic N) is 3. The van der Waals surface area contributed by atoms with E-state index >= 15 is 0 Å². The summed E-state index contributed by atoms with van der Waals surface area (Å²) in [4.78, 5) is 17.7. The van der Waals surface area contributed by atoms with Gasteiger partial charge < -0.3 is 14.0 Å². The van der Waals surface area contributed by atoms with Gasteiger partial charge in [0.1, 0.15) is 25.1 Å². The number of sulfonamides is 1. The predicted molar refractivity (Wildman–Crippen MR) is 116 cm³/mol. The van der Waals surface area contributed by atoms with Crippen molar-refractivity contribution in [3.63, 3.8) is 0 Å². The number of halogens is 1. The van der Waals surface area contributed by atoms with E-state index in [0.717, 1.165) is 22.3 Å². The average Bonchev–Trinajstić information content (AvgIpc) is 3.39. The highest BCUT2D eigenvalue weighted by molar-refractivity contribution is 7.89. The van der Waals surface area contributed by atoms with E-state index in [-0.39, 0.29) is 11.4 Å². The summed E-state index contributed by atoms with van der Waals surface area (Å²) in [6.07, 6.45) is 0.930. The van der Waals surface area contributed by atoms with Crippen LogP contribution in [0.2, 0.25) is 0 Å². The van der Waals surface area contributed by atoms with Crippen molar-refractivity contribution in [2.75, 3.05) is 19.8 Å². The van der Waals surface area contributed by atoms with Crippen molar-refractivity contribution in [1.29, 1.82) is 0 Å². The molecule has 0 saturated carbocycles. The Kier molecular flexibility index (Phi) is 5.26. The SMILES string of the molecule is Cn1c(=NC(=O)C2CCCN2S(=O)(=O)c2ccc(F)cc2)sc2cc3c(cc21)OCCO3. The number of rotatable bonds is 3. The number of carbonyl (C=O) groups excluding carboxylic acids is 1. The predicted octanol–water partition coefficient (Wildman–Crippen LogP) is 2.43. The van der Waals surface area contributed by atoms with E-state index in [9.17, 15) is 17.6 Å². The molecule has 1 unspecified atom stereocenters. The molecular weight excluding hydrogens is 457 g/mol. The third kappa shape index (κ3) is 3.59. The number of aryl methyl sites for hydroxylation is 1. The van der Waals surface area contributed by atoms with Crippen LogP contribution in [-0.4, -0.2) is 49.0 Å². The quantitative estimate of drug-likeness (QED) is 0.578. The first-order chi connectivity index (χ1) is 15.3. The number of ether oxygens (including phenoxy) is 2. The number of benzene rings is 2. The van der Waals surface area contributed by atoms with Gasteiger partial charge in [0.25, 0.3) is 5.91 Å². The maximum absolute atomic E-state index is 13.2. The maximum atomic E-state index is 13.2. The summed E-state index contributed by atoms with van der Waals surface area (Å²) >= 11 is 1.32. The van der Waals surface area contributed by atoms with Crippen molar-refractivity contribution >= 4 is 37.5 Å². The second kappa shape index (κ2) is 7.98. The van der Waals surface area contributed by atoms with Crippen molar-refractivity contribution in [3.05, 3.63) is 47.0 Å².